The summed E-state index contributed by atoms with van der Waals surface area (Å²) in [6.45, 7) is 12.4. The molecule has 0 spiro atoms. The predicted molar refractivity (Wildman–Crippen MR) is 87.3 cm³/mol. The lowest BCUT2D eigenvalue weighted by molar-refractivity contribution is 0.591. The molecule has 0 N–H and O–H groups in total. The number of benzene rings is 1. The molecule has 0 fully saturated rings. The smallest absolute Gasteiger partial charge is 0.0475 e. The predicted octanol–water partition coefficient (Wildman–Crippen LogP) is 5.17. The number of hydrogen-bond donors (Lipinski definition) is 0. The summed E-state index contributed by atoms with van der Waals surface area (Å²) in [7, 11) is 0. The lowest BCUT2D eigenvalue weighted by Crippen LogP contribution is -2.10. The number of hydrogen-bond acceptors (Lipinski definition) is 0. The van der Waals surface area contributed by atoms with Crippen molar-refractivity contribution in [1.82, 2.24) is 4.57 Å². The van der Waals surface area contributed by atoms with E-state index in [1.54, 1.807) is 0 Å². The van der Waals surface area contributed by atoms with Crippen molar-refractivity contribution < 1.29 is 0 Å². The van der Waals surface area contributed by atoms with E-state index in [9.17, 15) is 0 Å². The van der Waals surface area contributed by atoms with E-state index < -0.39 is 0 Å². The van der Waals surface area contributed by atoms with Crippen LogP contribution in [-0.4, -0.2) is 4.57 Å². The van der Waals surface area contributed by atoms with E-state index >= 15 is 0 Å². The molecule has 1 aromatic carbocycles. The average molecular weight is 269 g/mol. The summed E-state index contributed by atoms with van der Waals surface area (Å²) < 4.78 is 2.50. The summed E-state index contributed by atoms with van der Waals surface area (Å²) in [5.74, 6) is 1.29. The third-order valence-corrected chi connectivity index (χ3v) is 3.86. The Hall–Kier alpha value is -1.50. The summed E-state index contributed by atoms with van der Waals surface area (Å²) in [6, 6.07) is 13.1. The van der Waals surface area contributed by atoms with Crippen LogP contribution in [0.25, 0.3) is 0 Å². The molecule has 0 unspecified atom stereocenters. The van der Waals surface area contributed by atoms with Crippen LogP contribution in [0.1, 0.15) is 56.1 Å². The van der Waals surface area contributed by atoms with Gasteiger partial charge in [0.1, 0.15) is 0 Å². The Morgan fingerprint density at radius 3 is 2.20 bits per heavy atom. The molecule has 1 nitrogen and oxygen atoms in total. The van der Waals surface area contributed by atoms with Crippen molar-refractivity contribution in [1.29, 1.82) is 0 Å². The summed E-state index contributed by atoms with van der Waals surface area (Å²) in [5.41, 5.74) is 5.81. The van der Waals surface area contributed by atoms with Gasteiger partial charge in [0.2, 0.25) is 0 Å². The number of aromatic nitrogens is 1. The standard InChI is InChI=1S/C19H27N/c1-14(2)11-19-18(15(3)4)12-16(5)20(19)13-17-9-7-6-8-10-17/h6-10,12,14-15H,11,13H2,1-5H3. The van der Waals surface area contributed by atoms with Gasteiger partial charge < -0.3 is 4.57 Å². The van der Waals surface area contributed by atoms with Crippen LogP contribution in [0.2, 0.25) is 0 Å². The van der Waals surface area contributed by atoms with Crippen molar-refractivity contribution in [2.75, 3.05) is 0 Å². The van der Waals surface area contributed by atoms with Crippen molar-refractivity contribution in [3.63, 3.8) is 0 Å². The highest BCUT2D eigenvalue weighted by Gasteiger charge is 2.16. The van der Waals surface area contributed by atoms with Crippen molar-refractivity contribution in [2.45, 2.75) is 53.5 Å². The fourth-order valence-electron chi connectivity index (χ4n) is 2.86. The Bertz CT molecular complexity index is 547. The third kappa shape index (κ3) is 3.33. The Labute approximate surface area is 123 Å². The van der Waals surface area contributed by atoms with E-state index in [1.807, 2.05) is 0 Å². The highest BCUT2D eigenvalue weighted by Crippen LogP contribution is 2.27. The monoisotopic (exact) mass is 269 g/mol. The number of nitrogens with zero attached hydrogens (tertiary/aromatic N) is 1. The Kier molecular flexibility index (Phi) is 4.69. The van der Waals surface area contributed by atoms with Crippen LogP contribution in [0.3, 0.4) is 0 Å². The number of aryl methyl sites for hydroxylation is 1. The van der Waals surface area contributed by atoms with Gasteiger partial charge in [-0.3, -0.25) is 0 Å². The second kappa shape index (κ2) is 6.30. The van der Waals surface area contributed by atoms with Gasteiger partial charge in [-0.25, -0.2) is 0 Å². The molecule has 0 aliphatic rings. The van der Waals surface area contributed by atoms with Gasteiger partial charge in [-0.2, -0.15) is 0 Å². The molecule has 0 bridgehead atoms. The van der Waals surface area contributed by atoms with Crippen molar-refractivity contribution >= 4 is 0 Å². The molecule has 1 heterocycles. The summed E-state index contributed by atoms with van der Waals surface area (Å²) in [4.78, 5) is 0. The van der Waals surface area contributed by atoms with Crippen LogP contribution < -0.4 is 0 Å². The first-order valence-electron chi connectivity index (χ1n) is 7.71. The molecular formula is C19H27N. The summed E-state index contributed by atoms with van der Waals surface area (Å²) >= 11 is 0. The van der Waals surface area contributed by atoms with Crippen molar-refractivity contribution in [3.8, 4) is 0 Å². The van der Waals surface area contributed by atoms with Crippen LogP contribution in [0.4, 0.5) is 0 Å². The minimum atomic E-state index is 0.597. The van der Waals surface area contributed by atoms with E-state index in [-0.39, 0.29) is 0 Å². The molecule has 0 aliphatic carbocycles. The van der Waals surface area contributed by atoms with Gasteiger partial charge in [-0.05, 0) is 42.4 Å². The van der Waals surface area contributed by atoms with Gasteiger partial charge in [0.05, 0.1) is 0 Å². The van der Waals surface area contributed by atoms with Crippen LogP contribution in [-0.2, 0) is 13.0 Å². The average Bonchev–Trinajstić information content (AvgIpc) is 2.68. The molecule has 1 aromatic heterocycles. The quantitative estimate of drug-likeness (QED) is 0.706. The second-order valence-corrected chi connectivity index (χ2v) is 6.51. The second-order valence-electron chi connectivity index (χ2n) is 6.51. The molecule has 1 heteroatoms. The maximum Gasteiger partial charge on any atom is 0.0475 e. The lowest BCUT2D eigenvalue weighted by Gasteiger charge is -2.16. The maximum absolute atomic E-state index is 2.50. The maximum atomic E-state index is 2.50. The highest BCUT2D eigenvalue weighted by atomic mass is 15.0. The molecule has 0 saturated carbocycles. The molecular weight excluding hydrogens is 242 g/mol. The zero-order valence-corrected chi connectivity index (χ0v) is 13.5. The summed E-state index contributed by atoms with van der Waals surface area (Å²) in [6.07, 6.45) is 1.16. The van der Waals surface area contributed by atoms with Gasteiger partial charge in [0.25, 0.3) is 0 Å². The van der Waals surface area contributed by atoms with Crippen LogP contribution in [0.15, 0.2) is 36.4 Å². The van der Waals surface area contributed by atoms with Gasteiger partial charge >= 0.3 is 0 Å². The van der Waals surface area contributed by atoms with Crippen molar-refractivity contribution in [3.05, 3.63) is 58.9 Å². The highest BCUT2D eigenvalue weighted by molar-refractivity contribution is 5.32. The lowest BCUT2D eigenvalue weighted by atomic mass is 9.98. The normalized spacial score (nSPS) is 11.6. The summed E-state index contributed by atoms with van der Waals surface area (Å²) in [5, 5.41) is 0. The zero-order chi connectivity index (χ0) is 14.7. The van der Waals surface area contributed by atoms with Gasteiger partial charge in [0, 0.05) is 17.9 Å². The topological polar surface area (TPSA) is 4.93 Å². The molecule has 0 amide bonds. The molecule has 20 heavy (non-hydrogen) atoms. The van der Waals surface area contributed by atoms with Crippen LogP contribution >= 0.6 is 0 Å². The SMILES string of the molecule is Cc1cc(C(C)C)c(CC(C)C)n1Cc1ccccc1. The van der Waals surface area contributed by atoms with E-state index in [0.29, 0.717) is 11.8 Å². The Balaban J connectivity index is 2.40. The molecule has 108 valence electrons. The van der Waals surface area contributed by atoms with E-state index in [0.717, 1.165) is 13.0 Å². The number of rotatable bonds is 5. The van der Waals surface area contributed by atoms with Crippen molar-refractivity contribution in [2.24, 2.45) is 5.92 Å². The zero-order valence-electron chi connectivity index (χ0n) is 13.5. The molecule has 0 atom stereocenters. The first-order valence-corrected chi connectivity index (χ1v) is 7.71. The molecule has 0 aliphatic heterocycles. The first-order chi connectivity index (χ1) is 9.49. The van der Waals surface area contributed by atoms with E-state index in [1.165, 1.54) is 22.5 Å². The van der Waals surface area contributed by atoms with Gasteiger partial charge in [-0.1, -0.05) is 58.0 Å². The largest absolute Gasteiger partial charge is 0.344 e. The minimum Gasteiger partial charge on any atom is -0.344 e. The first kappa shape index (κ1) is 14.9. The molecule has 2 aromatic rings. The molecule has 0 radical (unpaired) electrons. The van der Waals surface area contributed by atoms with Gasteiger partial charge in [0.15, 0.2) is 0 Å². The Morgan fingerprint density at radius 1 is 1.00 bits per heavy atom. The Morgan fingerprint density at radius 2 is 1.65 bits per heavy atom. The third-order valence-electron chi connectivity index (χ3n) is 3.86. The van der Waals surface area contributed by atoms with Crippen LogP contribution in [0.5, 0.6) is 0 Å². The van der Waals surface area contributed by atoms with E-state index in [4.69, 9.17) is 0 Å². The fourth-order valence-corrected chi connectivity index (χ4v) is 2.86. The van der Waals surface area contributed by atoms with E-state index in [2.05, 4.69) is 75.6 Å². The molecule has 0 saturated heterocycles. The minimum absolute atomic E-state index is 0.597. The van der Waals surface area contributed by atoms with Crippen LogP contribution in [0, 0.1) is 12.8 Å². The molecule has 2 rings (SSSR count). The fraction of sp³-hybridized carbons (Fsp3) is 0.474. The van der Waals surface area contributed by atoms with Gasteiger partial charge in [-0.15, -0.1) is 0 Å².